The zero-order valence-electron chi connectivity index (χ0n) is 17.4. The average molecular weight is 419 g/mol. The Balaban J connectivity index is 1.46. The molecule has 0 saturated carbocycles. The van der Waals surface area contributed by atoms with Crippen molar-refractivity contribution in [3.8, 4) is 6.01 Å². The van der Waals surface area contributed by atoms with Gasteiger partial charge < -0.3 is 14.4 Å². The lowest BCUT2D eigenvalue weighted by atomic mass is 10.2. The van der Waals surface area contributed by atoms with E-state index in [0.717, 1.165) is 30.2 Å². The summed E-state index contributed by atoms with van der Waals surface area (Å²) in [5.74, 6) is 1.34. The quantitative estimate of drug-likeness (QED) is 0.439. The van der Waals surface area contributed by atoms with Gasteiger partial charge in [0.05, 0.1) is 31.7 Å². The minimum Gasteiger partial charge on any atom is -0.463 e. The van der Waals surface area contributed by atoms with Crippen LogP contribution in [0.2, 0.25) is 0 Å². The average Bonchev–Trinajstić information content (AvgIpc) is 2.80. The van der Waals surface area contributed by atoms with Gasteiger partial charge >= 0.3 is 6.01 Å². The highest BCUT2D eigenvalue weighted by Crippen LogP contribution is 2.20. The van der Waals surface area contributed by atoms with Gasteiger partial charge in [0.1, 0.15) is 5.82 Å². The number of rotatable bonds is 8. The molecule has 9 heteroatoms. The van der Waals surface area contributed by atoms with E-state index in [9.17, 15) is 0 Å². The second kappa shape index (κ2) is 10.4. The van der Waals surface area contributed by atoms with Crippen LogP contribution in [0.4, 0.5) is 11.6 Å². The first kappa shape index (κ1) is 20.7. The first-order valence-corrected chi connectivity index (χ1v) is 10.2. The molecule has 1 saturated heterocycles. The van der Waals surface area contributed by atoms with Crippen LogP contribution >= 0.6 is 0 Å². The Bertz CT molecular complexity index is 1010. The molecule has 1 aromatic carbocycles. The van der Waals surface area contributed by atoms with E-state index in [2.05, 4.69) is 54.4 Å². The predicted octanol–water partition coefficient (Wildman–Crippen LogP) is 2.48. The third-order valence-electron chi connectivity index (χ3n) is 4.67. The highest BCUT2D eigenvalue weighted by molar-refractivity contribution is 5.80. The molecule has 3 heterocycles. The van der Waals surface area contributed by atoms with Crippen LogP contribution in [0, 0.1) is 6.92 Å². The molecule has 1 aliphatic heterocycles. The molecule has 0 amide bonds. The Morgan fingerprint density at radius 1 is 1.19 bits per heavy atom. The highest BCUT2D eigenvalue weighted by atomic mass is 16.5. The van der Waals surface area contributed by atoms with Crippen molar-refractivity contribution in [1.29, 1.82) is 0 Å². The topological polar surface area (TPSA) is 97.7 Å². The molecule has 0 spiro atoms. The maximum Gasteiger partial charge on any atom is 0.320 e. The molecule has 0 atom stereocenters. The van der Waals surface area contributed by atoms with Gasteiger partial charge in [-0.3, -0.25) is 15.4 Å². The fourth-order valence-electron chi connectivity index (χ4n) is 3.12. The van der Waals surface area contributed by atoms with Gasteiger partial charge in [-0.05, 0) is 12.5 Å². The van der Waals surface area contributed by atoms with Crippen LogP contribution in [-0.4, -0.2) is 59.1 Å². The van der Waals surface area contributed by atoms with Gasteiger partial charge in [-0.15, -0.1) is 0 Å². The third-order valence-corrected chi connectivity index (χ3v) is 4.67. The van der Waals surface area contributed by atoms with Crippen molar-refractivity contribution in [3.63, 3.8) is 0 Å². The summed E-state index contributed by atoms with van der Waals surface area (Å²) in [5, 5.41) is 4.33. The monoisotopic (exact) mass is 419 g/mol. The van der Waals surface area contributed by atoms with Gasteiger partial charge in [0, 0.05) is 44.2 Å². The minimum atomic E-state index is 0.293. The third kappa shape index (κ3) is 6.19. The number of benzene rings is 1. The number of aromatic nitrogens is 4. The summed E-state index contributed by atoms with van der Waals surface area (Å²) in [5.41, 5.74) is 6.04. The normalized spacial score (nSPS) is 14.0. The number of nitrogens with zero attached hydrogens (tertiary/aromatic N) is 6. The van der Waals surface area contributed by atoms with Gasteiger partial charge in [-0.2, -0.15) is 15.1 Å². The second-order valence-corrected chi connectivity index (χ2v) is 7.07. The van der Waals surface area contributed by atoms with Gasteiger partial charge in [0.2, 0.25) is 0 Å². The molecule has 1 N–H and O–H groups in total. The molecule has 3 aromatic rings. The molecule has 9 nitrogen and oxygen atoms in total. The molecule has 1 aliphatic rings. The van der Waals surface area contributed by atoms with Crippen molar-refractivity contribution in [1.82, 2.24) is 19.9 Å². The maximum absolute atomic E-state index is 5.82. The van der Waals surface area contributed by atoms with Crippen LogP contribution < -0.4 is 15.1 Å². The number of hydrogen-bond donors (Lipinski definition) is 1. The first-order chi connectivity index (χ1) is 15.3. The number of aryl methyl sites for hydroxylation is 1. The van der Waals surface area contributed by atoms with Crippen LogP contribution in [0.5, 0.6) is 6.01 Å². The van der Waals surface area contributed by atoms with Gasteiger partial charge in [0.25, 0.3) is 0 Å². The van der Waals surface area contributed by atoms with E-state index in [1.165, 1.54) is 5.56 Å². The fourth-order valence-corrected chi connectivity index (χ4v) is 3.12. The molecule has 4 rings (SSSR count). The number of anilines is 2. The number of hydrazone groups is 1. The van der Waals surface area contributed by atoms with E-state index in [-0.39, 0.29) is 0 Å². The van der Waals surface area contributed by atoms with Gasteiger partial charge in [-0.25, -0.2) is 0 Å². The van der Waals surface area contributed by atoms with E-state index in [1.54, 1.807) is 24.8 Å². The minimum absolute atomic E-state index is 0.293. The van der Waals surface area contributed by atoms with E-state index in [0.29, 0.717) is 38.1 Å². The van der Waals surface area contributed by atoms with Gasteiger partial charge in [-0.1, -0.05) is 29.8 Å². The van der Waals surface area contributed by atoms with Crippen LogP contribution in [0.15, 0.2) is 54.0 Å². The van der Waals surface area contributed by atoms with Crippen LogP contribution in [0.25, 0.3) is 0 Å². The predicted molar refractivity (Wildman–Crippen MR) is 119 cm³/mol. The Morgan fingerprint density at radius 2 is 2.10 bits per heavy atom. The zero-order valence-corrected chi connectivity index (χ0v) is 17.4. The van der Waals surface area contributed by atoms with Gasteiger partial charge in [0.15, 0.2) is 5.82 Å². The van der Waals surface area contributed by atoms with Crippen LogP contribution in [0.1, 0.15) is 16.8 Å². The largest absolute Gasteiger partial charge is 0.463 e. The summed E-state index contributed by atoms with van der Waals surface area (Å²) in [6.45, 7) is 5.32. The van der Waals surface area contributed by atoms with Crippen molar-refractivity contribution in [2.24, 2.45) is 5.10 Å². The van der Waals surface area contributed by atoms with Crippen LogP contribution in [0.3, 0.4) is 0 Å². The highest BCUT2D eigenvalue weighted by Gasteiger charge is 2.15. The lowest BCUT2D eigenvalue weighted by molar-refractivity contribution is 0.122. The van der Waals surface area contributed by atoms with Crippen molar-refractivity contribution in [2.75, 3.05) is 43.2 Å². The molecule has 0 unspecified atom stereocenters. The van der Waals surface area contributed by atoms with E-state index >= 15 is 0 Å². The summed E-state index contributed by atoms with van der Waals surface area (Å²) in [7, 11) is 0. The summed E-state index contributed by atoms with van der Waals surface area (Å²) < 4.78 is 11.3. The van der Waals surface area contributed by atoms with Crippen molar-refractivity contribution in [3.05, 3.63) is 65.7 Å². The fraction of sp³-hybridized carbons (Fsp3) is 0.318. The van der Waals surface area contributed by atoms with Crippen LogP contribution in [-0.2, 0) is 11.2 Å². The maximum atomic E-state index is 5.82. The second-order valence-electron chi connectivity index (χ2n) is 7.07. The first-order valence-electron chi connectivity index (χ1n) is 10.2. The SMILES string of the molecule is Cc1cccc(/C=N/Nc2cc(N3CCOCC3)nc(OCCc3cnccn3)n2)c1. The van der Waals surface area contributed by atoms with E-state index < -0.39 is 0 Å². The van der Waals surface area contributed by atoms with E-state index in [4.69, 9.17) is 9.47 Å². The number of ether oxygens (including phenoxy) is 2. The summed E-state index contributed by atoms with van der Waals surface area (Å²) in [4.78, 5) is 19.5. The summed E-state index contributed by atoms with van der Waals surface area (Å²) in [6.07, 6.45) is 7.42. The molecule has 0 aliphatic carbocycles. The molecule has 31 heavy (non-hydrogen) atoms. The molecule has 2 aromatic heterocycles. The summed E-state index contributed by atoms with van der Waals surface area (Å²) >= 11 is 0. The van der Waals surface area contributed by atoms with Crippen molar-refractivity contribution in [2.45, 2.75) is 13.3 Å². The zero-order chi connectivity index (χ0) is 21.3. The number of morpholine rings is 1. The number of hydrogen-bond acceptors (Lipinski definition) is 9. The Kier molecular flexibility index (Phi) is 6.96. The standard InChI is InChI=1S/C22H25N7O2/c1-17-3-2-4-18(13-17)15-25-28-20-14-21(29-8-11-30-12-9-29)27-22(26-20)31-10-5-19-16-23-6-7-24-19/h2-4,6-7,13-16H,5,8-12H2,1H3,(H,26,27,28)/b25-15+. The van der Waals surface area contributed by atoms with Crippen molar-refractivity contribution >= 4 is 17.9 Å². The lowest BCUT2D eigenvalue weighted by Gasteiger charge is -2.28. The summed E-state index contributed by atoms with van der Waals surface area (Å²) in [6, 6.07) is 10.3. The molecule has 160 valence electrons. The number of nitrogens with one attached hydrogen (secondary N) is 1. The lowest BCUT2D eigenvalue weighted by Crippen LogP contribution is -2.36. The molecular formula is C22H25N7O2. The Morgan fingerprint density at radius 3 is 2.90 bits per heavy atom. The van der Waals surface area contributed by atoms with Crippen molar-refractivity contribution < 1.29 is 9.47 Å². The smallest absolute Gasteiger partial charge is 0.320 e. The van der Waals surface area contributed by atoms with E-state index in [1.807, 2.05) is 18.2 Å². The Hall–Kier alpha value is -3.59. The Labute approximate surface area is 181 Å². The molecule has 0 radical (unpaired) electrons. The molecule has 0 bridgehead atoms. The molecular weight excluding hydrogens is 394 g/mol. The molecule has 1 fully saturated rings.